The van der Waals surface area contributed by atoms with Crippen LogP contribution in [0.15, 0.2) is 0 Å². The van der Waals surface area contributed by atoms with Gasteiger partial charge < -0.3 is 5.11 Å². The van der Waals surface area contributed by atoms with Gasteiger partial charge in [-0.25, -0.2) is 0 Å². The monoisotopic (exact) mass is 272 g/mol. The molecule has 0 aromatic carbocycles. The van der Waals surface area contributed by atoms with Gasteiger partial charge in [0.05, 0.1) is 5.60 Å². The van der Waals surface area contributed by atoms with Crippen molar-refractivity contribution in [1.82, 2.24) is 0 Å². The molecule has 0 amide bonds. The summed E-state index contributed by atoms with van der Waals surface area (Å²) in [6.07, 6.45) is 5.78. The third kappa shape index (κ3) is 2.58. The summed E-state index contributed by atoms with van der Waals surface area (Å²) in [7, 11) is 1.73. The van der Waals surface area contributed by atoms with Gasteiger partial charge in [0, 0.05) is 5.75 Å². The van der Waals surface area contributed by atoms with Crippen molar-refractivity contribution in [3.63, 3.8) is 0 Å². The number of hydrogen-bond donors (Lipinski definition) is 1. The molecular formula is C7H13IOS. The summed E-state index contributed by atoms with van der Waals surface area (Å²) in [6.45, 7) is 0. The molecule has 0 spiro atoms. The Morgan fingerprint density at radius 1 is 1.30 bits per heavy atom. The highest BCUT2D eigenvalue weighted by Gasteiger charge is 2.28. The Labute approximate surface area is 78.5 Å². The van der Waals surface area contributed by atoms with Crippen LogP contribution in [0.1, 0.15) is 32.1 Å². The maximum absolute atomic E-state index is 9.85. The zero-order chi connectivity index (χ0) is 7.45. The largest absolute Gasteiger partial charge is 0.389 e. The van der Waals surface area contributed by atoms with Crippen LogP contribution in [0.3, 0.4) is 0 Å². The van der Waals surface area contributed by atoms with Gasteiger partial charge in [-0.15, -0.1) is 0 Å². The summed E-state index contributed by atoms with van der Waals surface area (Å²) in [4.78, 5) is 0. The maximum atomic E-state index is 9.85. The molecule has 1 aliphatic rings. The van der Waals surface area contributed by atoms with Gasteiger partial charge in [-0.3, -0.25) is 0 Å². The molecule has 1 fully saturated rings. The lowest BCUT2D eigenvalue weighted by molar-refractivity contribution is 0.0276. The van der Waals surface area contributed by atoms with E-state index in [1.807, 2.05) is 0 Å². The second kappa shape index (κ2) is 4.16. The molecule has 0 aromatic heterocycles. The molecule has 1 saturated carbocycles. The van der Waals surface area contributed by atoms with Crippen LogP contribution in [0.25, 0.3) is 0 Å². The lowest BCUT2D eigenvalue weighted by Gasteiger charge is -2.30. The van der Waals surface area contributed by atoms with Gasteiger partial charge in [-0.05, 0) is 34.0 Å². The minimum atomic E-state index is -0.315. The highest BCUT2D eigenvalue weighted by atomic mass is 127. The third-order valence-electron chi connectivity index (χ3n) is 2.11. The topological polar surface area (TPSA) is 20.2 Å². The van der Waals surface area contributed by atoms with Crippen LogP contribution in [-0.2, 0) is 0 Å². The molecule has 1 N–H and O–H groups in total. The van der Waals surface area contributed by atoms with E-state index in [2.05, 4.69) is 21.2 Å². The molecule has 1 nitrogen and oxygen atoms in total. The van der Waals surface area contributed by atoms with Crippen LogP contribution in [-0.4, -0.2) is 16.5 Å². The van der Waals surface area contributed by atoms with Crippen LogP contribution in [0.5, 0.6) is 0 Å². The molecule has 60 valence electrons. The summed E-state index contributed by atoms with van der Waals surface area (Å²) >= 11 is 2.26. The van der Waals surface area contributed by atoms with Crippen molar-refractivity contribution < 1.29 is 5.11 Å². The van der Waals surface area contributed by atoms with E-state index in [9.17, 15) is 5.11 Å². The van der Waals surface area contributed by atoms with E-state index < -0.39 is 0 Å². The number of hydrogen-bond acceptors (Lipinski definition) is 2. The number of rotatable bonds is 2. The zero-order valence-electron chi connectivity index (χ0n) is 5.98. The molecule has 0 aromatic rings. The molecule has 0 saturated heterocycles. The molecule has 0 unspecified atom stereocenters. The van der Waals surface area contributed by atoms with Crippen molar-refractivity contribution >= 4 is 30.1 Å². The molecule has 0 atom stereocenters. The van der Waals surface area contributed by atoms with Crippen molar-refractivity contribution in [3.05, 3.63) is 0 Å². The van der Waals surface area contributed by atoms with E-state index in [-0.39, 0.29) is 5.60 Å². The van der Waals surface area contributed by atoms with Crippen LogP contribution < -0.4 is 0 Å². The first kappa shape index (κ1) is 9.13. The van der Waals surface area contributed by atoms with E-state index in [1.165, 1.54) is 19.3 Å². The summed E-state index contributed by atoms with van der Waals surface area (Å²) in [6, 6.07) is 0. The lowest BCUT2D eigenvalue weighted by atomic mass is 9.86. The minimum absolute atomic E-state index is 0.315. The predicted molar refractivity (Wildman–Crippen MR) is 54.5 cm³/mol. The van der Waals surface area contributed by atoms with Crippen molar-refractivity contribution in [3.8, 4) is 0 Å². The predicted octanol–water partition coefficient (Wildman–Crippen LogP) is 2.76. The molecule has 1 aliphatic carbocycles. The van der Waals surface area contributed by atoms with Gasteiger partial charge >= 0.3 is 0 Å². The first-order chi connectivity index (χ1) is 4.77. The molecular weight excluding hydrogens is 259 g/mol. The molecule has 0 aliphatic heterocycles. The Balaban J connectivity index is 2.32. The van der Waals surface area contributed by atoms with Gasteiger partial charge in [0.1, 0.15) is 0 Å². The van der Waals surface area contributed by atoms with E-state index >= 15 is 0 Å². The average Bonchev–Trinajstić information content (AvgIpc) is 1.89. The fourth-order valence-corrected chi connectivity index (χ4v) is 3.69. The molecule has 0 heterocycles. The number of halogens is 1. The highest BCUT2D eigenvalue weighted by molar-refractivity contribution is 14.2. The molecule has 0 bridgehead atoms. The van der Waals surface area contributed by atoms with Crippen LogP contribution in [0.4, 0.5) is 0 Å². The Morgan fingerprint density at radius 2 is 1.90 bits per heavy atom. The summed E-state index contributed by atoms with van der Waals surface area (Å²) in [5.41, 5.74) is -0.315. The molecule has 1 rings (SSSR count). The molecule has 10 heavy (non-hydrogen) atoms. The number of aliphatic hydroxyl groups is 1. The van der Waals surface area contributed by atoms with E-state index in [1.54, 1.807) is 8.93 Å². The van der Waals surface area contributed by atoms with Gasteiger partial charge in [0.25, 0.3) is 0 Å². The smallest absolute Gasteiger partial charge is 0.0745 e. The average molecular weight is 272 g/mol. The maximum Gasteiger partial charge on any atom is 0.0745 e. The summed E-state index contributed by atoms with van der Waals surface area (Å²) in [5, 5.41) is 9.85. The van der Waals surface area contributed by atoms with Crippen LogP contribution in [0.2, 0.25) is 0 Å². The second-order valence-corrected chi connectivity index (χ2v) is 5.41. The van der Waals surface area contributed by atoms with E-state index in [0.717, 1.165) is 18.6 Å². The van der Waals surface area contributed by atoms with Crippen molar-refractivity contribution in [1.29, 1.82) is 0 Å². The quantitative estimate of drug-likeness (QED) is 0.780. The van der Waals surface area contributed by atoms with E-state index in [0.29, 0.717) is 0 Å². The summed E-state index contributed by atoms with van der Waals surface area (Å²) in [5.74, 6) is 0.910. The second-order valence-electron chi connectivity index (χ2n) is 3.04. The van der Waals surface area contributed by atoms with Crippen LogP contribution in [0, 0.1) is 0 Å². The van der Waals surface area contributed by atoms with Gasteiger partial charge in [0.2, 0.25) is 0 Å². The van der Waals surface area contributed by atoms with E-state index in [4.69, 9.17) is 0 Å². The Morgan fingerprint density at radius 3 is 2.40 bits per heavy atom. The first-order valence-corrected chi connectivity index (χ1v) is 7.26. The fraction of sp³-hybridized carbons (Fsp3) is 1.00. The zero-order valence-corrected chi connectivity index (χ0v) is 8.95. The molecule has 0 radical (unpaired) electrons. The fourth-order valence-electron chi connectivity index (χ4n) is 1.46. The third-order valence-corrected chi connectivity index (χ3v) is 3.69. The van der Waals surface area contributed by atoms with Crippen molar-refractivity contribution in [2.24, 2.45) is 0 Å². The minimum Gasteiger partial charge on any atom is -0.389 e. The lowest BCUT2D eigenvalue weighted by Crippen LogP contribution is -2.33. The van der Waals surface area contributed by atoms with Crippen molar-refractivity contribution in [2.45, 2.75) is 37.7 Å². The standard InChI is InChI=1S/C7H13IOS/c8-10-6-7(9)4-2-1-3-5-7/h9H,1-6H2. The Bertz CT molecular complexity index is 96.3. The van der Waals surface area contributed by atoms with Crippen LogP contribution >= 0.6 is 30.1 Å². The molecule has 3 heteroatoms. The van der Waals surface area contributed by atoms with Gasteiger partial charge in [-0.2, -0.15) is 0 Å². The van der Waals surface area contributed by atoms with Gasteiger partial charge in [-0.1, -0.05) is 28.2 Å². The summed E-state index contributed by atoms with van der Waals surface area (Å²) < 4.78 is 0. The van der Waals surface area contributed by atoms with Gasteiger partial charge in [0.15, 0.2) is 0 Å². The highest BCUT2D eigenvalue weighted by Crippen LogP contribution is 2.32. The first-order valence-electron chi connectivity index (χ1n) is 3.73. The Kier molecular flexibility index (Phi) is 3.80. The SMILES string of the molecule is OC1(CSI)CCCCC1. The van der Waals surface area contributed by atoms with Crippen molar-refractivity contribution in [2.75, 3.05) is 5.75 Å². The normalized spacial score (nSPS) is 24.6. The Hall–Kier alpha value is 1.04.